The van der Waals surface area contributed by atoms with Crippen LogP contribution in [0.5, 0.6) is 0 Å². The van der Waals surface area contributed by atoms with Crippen molar-refractivity contribution >= 4 is 23.4 Å². The number of aromatic nitrogens is 4. The van der Waals surface area contributed by atoms with E-state index < -0.39 is 0 Å². The van der Waals surface area contributed by atoms with Crippen molar-refractivity contribution < 1.29 is 4.74 Å². The van der Waals surface area contributed by atoms with Crippen molar-refractivity contribution in [1.29, 1.82) is 5.26 Å². The molecule has 28 heavy (non-hydrogen) atoms. The highest BCUT2D eigenvalue weighted by atomic mass is 16.5. The van der Waals surface area contributed by atoms with Crippen LogP contribution in [0.25, 0.3) is 11.3 Å². The molecule has 3 heterocycles. The standard InChI is InChI=1S/C19H18N8O/c20-10-13-3-1-2-4-15(13)24-17-9-16(14-11-22-18(21)23-12-14)25-19(26-17)27-5-7-28-8-6-27/h1-4,9,11-12H,5-8H2,(H2,21,22,23)(H,24,25,26). The number of nitrogens with one attached hydrogen (secondary N) is 1. The second kappa shape index (κ2) is 7.85. The molecule has 4 rings (SSSR count). The van der Waals surface area contributed by atoms with Gasteiger partial charge in [0.05, 0.1) is 30.2 Å². The normalized spacial score (nSPS) is 13.8. The third-order valence-electron chi connectivity index (χ3n) is 4.29. The molecular weight excluding hydrogens is 356 g/mol. The molecule has 3 aromatic rings. The highest BCUT2D eigenvalue weighted by Crippen LogP contribution is 2.26. The first-order valence-corrected chi connectivity index (χ1v) is 8.79. The molecule has 0 aliphatic carbocycles. The molecular formula is C19H18N8O. The number of anilines is 4. The van der Waals surface area contributed by atoms with Crippen molar-refractivity contribution in [3.8, 4) is 17.3 Å². The van der Waals surface area contributed by atoms with Gasteiger partial charge in [-0.25, -0.2) is 15.0 Å². The van der Waals surface area contributed by atoms with Crippen LogP contribution in [-0.2, 0) is 4.74 Å². The third kappa shape index (κ3) is 3.82. The van der Waals surface area contributed by atoms with Crippen molar-refractivity contribution in [3.63, 3.8) is 0 Å². The van der Waals surface area contributed by atoms with E-state index in [0.717, 1.165) is 5.56 Å². The van der Waals surface area contributed by atoms with Crippen LogP contribution in [-0.4, -0.2) is 46.2 Å². The summed E-state index contributed by atoms with van der Waals surface area (Å²) in [4.78, 5) is 19.5. The van der Waals surface area contributed by atoms with Crippen molar-refractivity contribution in [3.05, 3.63) is 48.3 Å². The Hall–Kier alpha value is -3.77. The maximum Gasteiger partial charge on any atom is 0.228 e. The van der Waals surface area contributed by atoms with Crippen LogP contribution in [0, 0.1) is 11.3 Å². The van der Waals surface area contributed by atoms with E-state index in [1.54, 1.807) is 24.5 Å². The molecule has 1 saturated heterocycles. The van der Waals surface area contributed by atoms with Crippen LogP contribution < -0.4 is 16.0 Å². The Bertz CT molecular complexity index is 1010. The number of hydrogen-bond acceptors (Lipinski definition) is 9. The Morgan fingerprint density at radius 2 is 1.86 bits per heavy atom. The van der Waals surface area contributed by atoms with Gasteiger partial charge in [0.2, 0.25) is 11.9 Å². The molecule has 0 atom stereocenters. The monoisotopic (exact) mass is 374 g/mol. The van der Waals surface area contributed by atoms with Gasteiger partial charge in [0.15, 0.2) is 0 Å². The van der Waals surface area contributed by atoms with E-state index in [0.29, 0.717) is 55.0 Å². The Balaban J connectivity index is 1.75. The van der Waals surface area contributed by atoms with E-state index >= 15 is 0 Å². The number of benzene rings is 1. The van der Waals surface area contributed by atoms with Gasteiger partial charge in [0, 0.05) is 37.1 Å². The summed E-state index contributed by atoms with van der Waals surface area (Å²) in [7, 11) is 0. The summed E-state index contributed by atoms with van der Waals surface area (Å²) in [5, 5.41) is 12.6. The quantitative estimate of drug-likeness (QED) is 0.704. The van der Waals surface area contributed by atoms with Gasteiger partial charge in [0.25, 0.3) is 0 Å². The summed E-state index contributed by atoms with van der Waals surface area (Å²) in [5.41, 5.74) is 8.19. The highest BCUT2D eigenvalue weighted by molar-refractivity contribution is 5.69. The maximum atomic E-state index is 9.34. The van der Waals surface area contributed by atoms with Gasteiger partial charge in [-0.15, -0.1) is 0 Å². The summed E-state index contributed by atoms with van der Waals surface area (Å²) in [6, 6.07) is 11.2. The summed E-state index contributed by atoms with van der Waals surface area (Å²) in [5.74, 6) is 1.35. The molecule has 1 fully saturated rings. The van der Waals surface area contributed by atoms with Gasteiger partial charge in [-0.05, 0) is 12.1 Å². The molecule has 0 radical (unpaired) electrons. The first-order chi connectivity index (χ1) is 13.7. The Morgan fingerprint density at radius 3 is 2.61 bits per heavy atom. The first-order valence-electron chi connectivity index (χ1n) is 8.79. The second-order valence-corrected chi connectivity index (χ2v) is 6.15. The Morgan fingerprint density at radius 1 is 1.11 bits per heavy atom. The fourth-order valence-electron chi connectivity index (χ4n) is 2.85. The number of para-hydroxylation sites is 1. The minimum absolute atomic E-state index is 0.201. The van der Waals surface area contributed by atoms with Gasteiger partial charge in [-0.2, -0.15) is 10.2 Å². The Labute approximate surface area is 161 Å². The Kier molecular flexibility index (Phi) is 4.95. The number of rotatable bonds is 4. The average molecular weight is 374 g/mol. The highest BCUT2D eigenvalue weighted by Gasteiger charge is 2.17. The zero-order valence-corrected chi connectivity index (χ0v) is 15.0. The third-order valence-corrected chi connectivity index (χ3v) is 4.29. The maximum absolute atomic E-state index is 9.34. The minimum Gasteiger partial charge on any atom is -0.378 e. The van der Waals surface area contributed by atoms with E-state index in [9.17, 15) is 5.26 Å². The van der Waals surface area contributed by atoms with E-state index in [2.05, 4.69) is 36.2 Å². The number of hydrogen-bond donors (Lipinski definition) is 2. The van der Waals surface area contributed by atoms with Crippen LogP contribution in [0.4, 0.5) is 23.4 Å². The summed E-state index contributed by atoms with van der Waals surface area (Å²) >= 11 is 0. The number of ether oxygens (including phenoxy) is 1. The molecule has 0 amide bonds. The van der Waals surface area contributed by atoms with Gasteiger partial charge < -0.3 is 20.7 Å². The van der Waals surface area contributed by atoms with E-state index in [1.165, 1.54) is 0 Å². The zero-order valence-electron chi connectivity index (χ0n) is 15.0. The van der Waals surface area contributed by atoms with Crippen molar-refractivity contribution in [2.24, 2.45) is 0 Å². The van der Waals surface area contributed by atoms with Crippen LogP contribution in [0.15, 0.2) is 42.7 Å². The predicted octanol–water partition coefficient (Wildman–Crippen LogP) is 1.97. The molecule has 0 spiro atoms. The largest absolute Gasteiger partial charge is 0.378 e. The lowest BCUT2D eigenvalue weighted by atomic mass is 10.2. The molecule has 1 aromatic carbocycles. The number of morpholine rings is 1. The predicted molar refractivity (Wildman–Crippen MR) is 105 cm³/mol. The molecule has 1 aliphatic rings. The minimum atomic E-state index is 0.201. The van der Waals surface area contributed by atoms with E-state index in [1.807, 2.05) is 18.2 Å². The number of nitrogen functional groups attached to an aromatic ring is 1. The first kappa shape index (κ1) is 17.6. The number of nitriles is 1. The zero-order chi connectivity index (χ0) is 19.3. The summed E-state index contributed by atoms with van der Waals surface area (Å²) < 4.78 is 5.42. The lowest BCUT2D eigenvalue weighted by Gasteiger charge is -2.27. The summed E-state index contributed by atoms with van der Waals surface area (Å²) in [6.45, 7) is 2.66. The van der Waals surface area contributed by atoms with Crippen molar-refractivity contribution in [2.75, 3.05) is 42.3 Å². The topological polar surface area (TPSA) is 126 Å². The van der Waals surface area contributed by atoms with Gasteiger partial charge in [0.1, 0.15) is 11.9 Å². The van der Waals surface area contributed by atoms with Gasteiger partial charge >= 0.3 is 0 Å². The molecule has 0 bridgehead atoms. The van der Waals surface area contributed by atoms with E-state index in [-0.39, 0.29) is 5.95 Å². The van der Waals surface area contributed by atoms with Crippen LogP contribution in [0.2, 0.25) is 0 Å². The lowest BCUT2D eigenvalue weighted by molar-refractivity contribution is 0.122. The molecule has 9 nitrogen and oxygen atoms in total. The average Bonchev–Trinajstić information content (AvgIpc) is 2.75. The fraction of sp³-hybridized carbons (Fsp3) is 0.211. The molecule has 0 unspecified atom stereocenters. The second-order valence-electron chi connectivity index (χ2n) is 6.15. The molecule has 9 heteroatoms. The number of nitrogens with zero attached hydrogens (tertiary/aromatic N) is 6. The molecule has 140 valence electrons. The van der Waals surface area contributed by atoms with Crippen LogP contribution >= 0.6 is 0 Å². The van der Waals surface area contributed by atoms with Gasteiger partial charge in [-0.3, -0.25) is 0 Å². The van der Waals surface area contributed by atoms with Gasteiger partial charge in [-0.1, -0.05) is 12.1 Å². The molecule has 3 N–H and O–H groups in total. The molecule has 2 aromatic heterocycles. The number of nitrogens with two attached hydrogens (primary N) is 1. The van der Waals surface area contributed by atoms with Crippen LogP contribution in [0.1, 0.15) is 5.56 Å². The molecule has 1 aliphatic heterocycles. The van der Waals surface area contributed by atoms with Crippen molar-refractivity contribution in [2.45, 2.75) is 0 Å². The smallest absolute Gasteiger partial charge is 0.228 e. The molecule has 0 saturated carbocycles. The lowest BCUT2D eigenvalue weighted by Crippen LogP contribution is -2.37. The van der Waals surface area contributed by atoms with Crippen LogP contribution in [0.3, 0.4) is 0 Å². The summed E-state index contributed by atoms with van der Waals surface area (Å²) in [6.07, 6.45) is 3.25. The fourth-order valence-corrected chi connectivity index (χ4v) is 2.85. The van der Waals surface area contributed by atoms with Crippen molar-refractivity contribution in [1.82, 2.24) is 19.9 Å². The van der Waals surface area contributed by atoms with E-state index in [4.69, 9.17) is 10.5 Å². The SMILES string of the molecule is N#Cc1ccccc1Nc1cc(-c2cnc(N)nc2)nc(N2CCOCC2)n1.